The van der Waals surface area contributed by atoms with Crippen LogP contribution in [0.3, 0.4) is 0 Å². The van der Waals surface area contributed by atoms with Gasteiger partial charge in [0, 0.05) is 35.1 Å². The number of imide groups is 1. The van der Waals surface area contributed by atoms with Crippen LogP contribution < -0.4 is 5.32 Å². The summed E-state index contributed by atoms with van der Waals surface area (Å²) < 4.78 is 29.4. The van der Waals surface area contributed by atoms with Gasteiger partial charge in [0.2, 0.25) is 19.8 Å². The summed E-state index contributed by atoms with van der Waals surface area (Å²) in [6.07, 6.45) is 0.134. The van der Waals surface area contributed by atoms with Crippen molar-refractivity contribution in [3.8, 4) is 0 Å². The lowest BCUT2D eigenvalue weighted by Crippen LogP contribution is -2.66. The van der Waals surface area contributed by atoms with Gasteiger partial charge in [-0.15, -0.1) is 0 Å². The fraction of sp³-hybridized carbons (Fsp3) is 0.273. The Bertz CT molecular complexity index is 1280. The van der Waals surface area contributed by atoms with Crippen LogP contribution in [0.15, 0.2) is 42.5 Å². The Morgan fingerprint density at radius 2 is 1.81 bits per heavy atom. The lowest BCUT2D eigenvalue weighted by molar-refractivity contribution is -0.148. The summed E-state index contributed by atoms with van der Waals surface area (Å²) in [6, 6.07) is 9.62. The van der Waals surface area contributed by atoms with Crippen LogP contribution in [0.25, 0.3) is 0 Å². The van der Waals surface area contributed by atoms with Gasteiger partial charge in [-0.2, -0.15) is 8.78 Å². The molecule has 2 aliphatic heterocycles. The summed E-state index contributed by atoms with van der Waals surface area (Å²) in [7, 11) is 6.41. The molecule has 4 rings (SSSR count). The van der Waals surface area contributed by atoms with Crippen LogP contribution >= 0.6 is 11.6 Å². The molecule has 2 aromatic rings. The molecule has 1 fully saturated rings. The highest BCUT2D eigenvalue weighted by Crippen LogP contribution is 2.39. The number of halogens is 3. The zero-order valence-electron chi connectivity index (χ0n) is 20.3. The highest BCUT2D eigenvalue weighted by molar-refractivity contribution is 6.42. The maximum atomic E-state index is 14.7. The highest BCUT2D eigenvalue weighted by atomic mass is 35.5. The molecule has 0 radical (unpaired) electrons. The van der Waals surface area contributed by atoms with Gasteiger partial charge in [0.25, 0.3) is 11.8 Å². The first kappa shape index (κ1) is 26.0. The predicted octanol–water partition coefficient (Wildman–Crippen LogP) is -1.11. The average Bonchev–Trinajstić information content (AvgIpc) is 3.17. The maximum Gasteiger partial charge on any atom is 0.349 e. The maximum absolute atomic E-state index is 14.7. The molecule has 0 saturated carbocycles. The fourth-order valence-electron chi connectivity index (χ4n) is 4.79. The smallest absolute Gasteiger partial charge is 0.349 e. The number of rotatable bonds is 5. The van der Waals surface area contributed by atoms with E-state index in [0.29, 0.717) is 16.7 Å². The number of hydrogen-bond acceptors (Lipinski definition) is 4. The lowest BCUT2D eigenvalue weighted by Gasteiger charge is -2.47. The number of carbonyl (C=O) groups excluding carboxylic acids is 4. The Kier molecular flexibility index (Phi) is 6.58. The summed E-state index contributed by atoms with van der Waals surface area (Å²) in [6.45, 7) is 0.123. The van der Waals surface area contributed by atoms with Gasteiger partial charge in [0.1, 0.15) is 23.5 Å². The zero-order valence-corrected chi connectivity index (χ0v) is 21.0. The Balaban J connectivity index is 1.54. The van der Waals surface area contributed by atoms with Gasteiger partial charge in [-0.1, -0.05) is 35.9 Å². The van der Waals surface area contributed by atoms with Gasteiger partial charge in [-0.25, -0.2) is 0 Å². The van der Waals surface area contributed by atoms with Crippen LogP contribution in [0, 0.1) is 0 Å². The van der Waals surface area contributed by atoms with Gasteiger partial charge in [-0.3, -0.25) is 19.2 Å². The first-order valence-electron chi connectivity index (χ1n) is 11.5. The van der Waals surface area contributed by atoms with Crippen molar-refractivity contribution in [3.05, 3.63) is 69.7 Å². The second-order valence-electron chi connectivity index (χ2n) is 9.59. The molecule has 2 heterocycles. The van der Waals surface area contributed by atoms with Crippen molar-refractivity contribution in [3.63, 3.8) is 0 Å². The topological polar surface area (TPSA) is 86.8 Å². The first-order valence-corrected chi connectivity index (χ1v) is 11.9. The predicted molar refractivity (Wildman–Crippen MR) is 140 cm³/mol. The molecule has 36 heavy (non-hydrogen) atoms. The minimum Gasteiger partial charge on any atom is -0.352 e. The van der Waals surface area contributed by atoms with Gasteiger partial charge in [0.15, 0.2) is 0 Å². The third-order valence-corrected chi connectivity index (χ3v) is 7.64. The van der Waals surface area contributed by atoms with Crippen molar-refractivity contribution < 1.29 is 28.0 Å². The minimum atomic E-state index is -3.77. The fourth-order valence-corrected chi connectivity index (χ4v) is 4.91. The molecule has 4 amide bonds. The standard InChI is InChI=1S/C22H22B4ClF2N3O4/c23-15-8-16(33)32(26)20(36)21(15,25)31-9-11-7-10(1-6-14(11)18(31)34)17(24)30-19(35)22(28,29)12-2-4-13(27)5-3-12/h1-7,15,17H,8-9,23-26H2,(H,30,35)/t15?,17?,21-/m0/s1. The Labute approximate surface area is 215 Å². The molecule has 0 aliphatic carbocycles. The van der Waals surface area contributed by atoms with Crippen LogP contribution in [0.5, 0.6) is 0 Å². The number of piperidine rings is 1. The molecular formula is C22H22B4ClF2N3O4. The van der Waals surface area contributed by atoms with Crippen molar-refractivity contribution in [1.82, 2.24) is 15.0 Å². The second-order valence-corrected chi connectivity index (χ2v) is 10.0. The van der Waals surface area contributed by atoms with Crippen molar-refractivity contribution in [2.45, 2.75) is 36.1 Å². The summed E-state index contributed by atoms with van der Waals surface area (Å²) in [4.78, 5) is 53.4. The number of carbonyl (C=O) groups is 4. The number of alkyl halides is 2. The van der Waals surface area contributed by atoms with Gasteiger partial charge in [0.05, 0.1) is 5.44 Å². The third kappa shape index (κ3) is 4.13. The number of benzene rings is 2. The van der Waals surface area contributed by atoms with Crippen molar-refractivity contribution in [1.29, 1.82) is 0 Å². The molecule has 1 saturated heterocycles. The normalized spacial score (nSPS) is 23.0. The van der Waals surface area contributed by atoms with E-state index in [1.807, 2.05) is 0 Å². The van der Waals surface area contributed by atoms with E-state index in [1.165, 1.54) is 25.0 Å². The van der Waals surface area contributed by atoms with Crippen LogP contribution in [0.1, 0.15) is 39.4 Å². The summed E-state index contributed by atoms with van der Waals surface area (Å²) >= 11 is 5.75. The van der Waals surface area contributed by atoms with E-state index in [2.05, 4.69) is 5.32 Å². The molecule has 3 atom stereocenters. The average molecular weight is 509 g/mol. The quantitative estimate of drug-likeness (QED) is 0.410. The molecule has 2 aromatic carbocycles. The first-order chi connectivity index (χ1) is 16.8. The SMILES string of the molecule is BC(NC(=O)C(F)(F)c1ccc(Cl)cc1)c1ccc2c(c1)CN([C@]1(B)C(=O)N(B)C(=O)CC1B)C2=O. The molecule has 14 heteroatoms. The largest absolute Gasteiger partial charge is 0.352 e. The van der Waals surface area contributed by atoms with E-state index in [1.54, 1.807) is 41.7 Å². The van der Waals surface area contributed by atoms with Crippen LogP contribution in [0.2, 0.25) is 10.8 Å². The highest BCUT2D eigenvalue weighted by Gasteiger charge is 2.53. The van der Waals surface area contributed by atoms with E-state index < -0.39 is 34.7 Å². The molecule has 2 unspecified atom stereocenters. The number of nitrogens with zero attached hydrogens (tertiary/aromatic N) is 2. The van der Waals surface area contributed by atoms with Gasteiger partial charge < -0.3 is 15.0 Å². The van der Waals surface area contributed by atoms with Gasteiger partial charge in [-0.05, 0) is 35.1 Å². The van der Waals surface area contributed by atoms with Crippen molar-refractivity contribution >= 4 is 66.7 Å². The number of hydrogen-bond donors (Lipinski definition) is 1. The van der Waals surface area contributed by atoms with Crippen LogP contribution in [-0.2, 0) is 26.9 Å². The minimum absolute atomic E-state index is 0.123. The molecule has 0 bridgehead atoms. The number of nitrogens with one attached hydrogen (secondary N) is 1. The Hall–Kier alpha value is -3.07. The monoisotopic (exact) mass is 509 g/mol. The molecule has 1 N–H and O–H groups in total. The molecular weight excluding hydrogens is 487 g/mol. The van der Waals surface area contributed by atoms with E-state index in [9.17, 15) is 28.0 Å². The summed E-state index contributed by atoms with van der Waals surface area (Å²) in [5.74, 6) is -7.48. The molecule has 0 aromatic heterocycles. The van der Waals surface area contributed by atoms with E-state index in [0.717, 1.165) is 16.9 Å². The van der Waals surface area contributed by atoms with Gasteiger partial charge >= 0.3 is 5.92 Å². The number of amides is 4. The summed E-state index contributed by atoms with van der Waals surface area (Å²) in [5, 5.41) is 2.62. The molecule has 2 aliphatic rings. The number of fused-ring (bicyclic) bond motifs is 1. The zero-order chi connectivity index (χ0) is 26.6. The van der Waals surface area contributed by atoms with Crippen molar-refractivity contribution in [2.75, 3.05) is 0 Å². The van der Waals surface area contributed by atoms with Crippen LogP contribution in [-0.4, -0.2) is 70.3 Å². The Morgan fingerprint density at radius 3 is 2.44 bits per heavy atom. The lowest BCUT2D eigenvalue weighted by atomic mass is 9.55. The van der Waals surface area contributed by atoms with E-state index in [4.69, 9.17) is 11.6 Å². The van der Waals surface area contributed by atoms with Crippen LogP contribution in [0.4, 0.5) is 8.78 Å². The van der Waals surface area contributed by atoms with E-state index >= 15 is 0 Å². The molecule has 182 valence electrons. The molecule has 0 spiro atoms. The second kappa shape index (κ2) is 9.10. The van der Waals surface area contributed by atoms with Crippen molar-refractivity contribution in [2.24, 2.45) is 0 Å². The third-order valence-electron chi connectivity index (χ3n) is 7.39. The molecule has 7 nitrogen and oxygen atoms in total. The summed E-state index contributed by atoms with van der Waals surface area (Å²) in [5.41, 5.74) is -0.147. The Morgan fingerprint density at radius 1 is 1.17 bits per heavy atom. The van der Waals surface area contributed by atoms with E-state index in [-0.39, 0.29) is 35.6 Å².